The van der Waals surface area contributed by atoms with Crippen LogP contribution < -0.4 is 16.0 Å². The lowest BCUT2D eigenvalue weighted by molar-refractivity contribution is 0.102. The number of ether oxygens (including phenoxy) is 1. The third kappa shape index (κ3) is 3.26. The second kappa shape index (κ2) is 6.59. The minimum absolute atomic E-state index is 0.264. The molecule has 3 heterocycles. The average Bonchev–Trinajstić information content (AvgIpc) is 3.06. The fourth-order valence-corrected chi connectivity index (χ4v) is 2.26. The van der Waals surface area contributed by atoms with Crippen LogP contribution in [0.1, 0.15) is 16.1 Å². The summed E-state index contributed by atoms with van der Waals surface area (Å²) >= 11 is 0. The molecule has 0 bridgehead atoms. The van der Waals surface area contributed by atoms with Crippen LogP contribution in [0.25, 0.3) is 0 Å². The number of anilines is 2. The van der Waals surface area contributed by atoms with Crippen molar-refractivity contribution in [2.45, 2.75) is 6.54 Å². The number of hydrogen-bond donors (Lipinski definition) is 2. The predicted octanol–water partition coefficient (Wildman–Crippen LogP) is 1.22. The molecule has 0 atom stereocenters. The minimum atomic E-state index is -0.268. The first-order valence-electron chi connectivity index (χ1n) is 7.14. The Morgan fingerprint density at radius 2 is 2.18 bits per heavy atom. The SMILES string of the molecule is NCc1cc(C(=O)Nc2ccc(N3CCOCC3)cn2)co1. The van der Waals surface area contributed by atoms with Crippen LogP contribution in [-0.2, 0) is 11.3 Å². The Bertz CT molecular complexity index is 632. The highest BCUT2D eigenvalue weighted by atomic mass is 16.5. The second-order valence-corrected chi connectivity index (χ2v) is 4.96. The third-order valence-corrected chi connectivity index (χ3v) is 3.48. The van der Waals surface area contributed by atoms with E-state index >= 15 is 0 Å². The number of aromatic nitrogens is 1. The van der Waals surface area contributed by atoms with Gasteiger partial charge in [-0.3, -0.25) is 4.79 Å². The Morgan fingerprint density at radius 1 is 1.36 bits per heavy atom. The van der Waals surface area contributed by atoms with Crippen LogP contribution >= 0.6 is 0 Å². The maximum absolute atomic E-state index is 12.1. The lowest BCUT2D eigenvalue weighted by atomic mass is 10.3. The van der Waals surface area contributed by atoms with Crippen LogP contribution in [0.15, 0.2) is 35.1 Å². The number of pyridine rings is 1. The summed E-state index contributed by atoms with van der Waals surface area (Å²) in [5.74, 6) is 0.799. The van der Waals surface area contributed by atoms with Crippen molar-refractivity contribution < 1.29 is 13.9 Å². The fourth-order valence-electron chi connectivity index (χ4n) is 2.26. The van der Waals surface area contributed by atoms with Gasteiger partial charge in [0.05, 0.1) is 37.2 Å². The summed E-state index contributed by atoms with van der Waals surface area (Å²) in [6.45, 7) is 3.42. The maximum Gasteiger partial charge on any atom is 0.260 e. The van der Waals surface area contributed by atoms with Gasteiger partial charge < -0.3 is 25.1 Å². The Balaban J connectivity index is 1.64. The van der Waals surface area contributed by atoms with Gasteiger partial charge in [0.25, 0.3) is 5.91 Å². The van der Waals surface area contributed by atoms with Crippen molar-refractivity contribution in [1.29, 1.82) is 0 Å². The molecule has 1 fully saturated rings. The second-order valence-electron chi connectivity index (χ2n) is 4.96. The molecule has 1 saturated heterocycles. The van der Waals surface area contributed by atoms with Gasteiger partial charge in [-0.25, -0.2) is 4.98 Å². The van der Waals surface area contributed by atoms with Crippen molar-refractivity contribution >= 4 is 17.4 Å². The van der Waals surface area contributed by atoms with Gasteiger partial charge >= 0.3 is 0 Å². The monoisotopic (exact) mass is 302 g/mol. The highest BCUT2D eigenvalue weighted by Crippen LogP contribution is 2.17. The van der Waals surface area contributed by atoms with Gasteiger partial charge in [0.1, 0.15) is 17.8 Å². The lowest BCUT2D eigenvalue weighted by Crippen LogP contribution is -2.36. The van der Waals surface area contributed by atoms with E-state index in [2.05, 4.69) is 15.2 Å². The Morgan fingerprint density at radius 3 is 2.82 bits per heavy atom. The van der Waals surface area contributed by atoms with Gasteiger partial charge in [-0.1, -0.05) is 0 Å². The van der Waals surface area contributed by atoms with Crippen LogP contribution in [0.3, 0.4) is 0 Å². The van der Waals surface area contributed by atoms with Crippen molar-refractivity contribution in [1.82, 2.24) is 4.98 Å². The quantitative estimate of drug-likeness (QED) is 0.882. The molecular formula is C15H18N4O3. The summed E-state index contributed by atoms with van der Waals surface area (Å²) in [4.78, 5) is 18.5. The molecule has 2 aromatic heterocycles. The topological polar surface area (TPSA) is 93.6 Å². The average molecular weight is 302 g/mol. The summed E-state index contributed by atoms with van der Waals surface area (Å²) in [7, 11) is 0. The first-order chi connectivity index (χ1) is 10.8. The Kier molecular flexibility index (Phi) is 4.36. The smallest absolute Gasteiger partial charge is 0.260 e. The number of nitrogens with zero attached hydrogens (tertiary/aromatic N) is 2. The van der Waals surface area contributed by atoms with Gasteiger partial charge in [0, 0.05) is 13.1 Å². The number of hydrogen-bond acceptors (Lipinski definition) is 6. The molecule has 1 amide bonds. The van der Waals surface area contributed by atoms with Crippen LogP contribution in [-0.4, -0.2) is 37.2 Å². The molecule has 0 unspecified atom stereocenters. The minimum Gasteiger partial charge on any atom is -0.467 e. The van der Waals surface area contributed by atoms with Gasteiger partial charge in [0.2, 0.25) is 0 Å². The van der Waals surface area contributed by atoms with E-state index in [0.29, 0.717) is 17.1 Å². The molecule has 7 nitrogen and oxygen atoms in total. The summed E-state index contributed by atoms with van der Waals surface area (Å²) in [6, 6.07) is 5.35. The number of morpholine rings is 1. The molecule has 116 valence electrons. The van der Waals surface area contributed by atoms with Gasteiger partial charge in [-0.05, 0) is 18.2 Å². The van der Waals surface area contributed by atoms with E-state index in [4.69, 9.17) is 14.9 Å². The Hall–Kier alpha value is -2.38. The fraction of sp³-hybridized carbons (Fsp3) is 0.333. The van der Waals surface area contributed by atoms with Crippen molar-refractivity contribution in [3.05, 3.63) is 42.0 Å². The van der Waals surface area contributed by atoms with Crippen LogP contribution in [0.5, 0.6) is 0 Å². The molecule has 2 aromatic rings. The Labute approximate surface area is 128 Å². The van der Waals surface area contributed by atoms with Gasteiger partial charge in [0.15, 0.2) is 0 Å². The van der Waals surface area contributed by atoms with Crippen LogP contribution in [0.2, 0.25) is 0 Å². The number of carbonyl (C=O) groups is 1. The number of nitrogens with two attached hydrogens (primary N) is 1. The maximum atomic E-state index is 12.1. The molecule has 0 radical (unpaired) electrons. The molecule has 1 aliphatic rings. The zero-order valence-corrected chi connectivity index (χ0v) is 12.1. The molecular weight excluding hydrogens is 284 g/mol. The molecule has 0 saturated carbocycles. The van der Waals surface area contributed by atoms with E-state index < -0.39 is 0 Å². The summed E-state index contributed by atoms with van der Waals surface area (Å²) in [5.41, 5.74) is 6.91. The zero-order valence-electron chi connectivity index (χ0n) is 12.1. The molecule has 0 aliphatic carbocycles. The van der Waals surface area contributed by atoms with Crippen molar-refractivity contribution in [3.63, 3.8) is 0 Å². The van der Waals surface area contributed by atoms with Crippen LogP contribution in [0.4, 0.5) is 11.5 Å². The van der Waals surface area contributed by atoms with Crippen molar-refractivity contribution in [3.8, 4) is 0 Å². The molecule has 3 rings (SSSR count). The van der Waals surface area contributed by atoms with Gasteiger partial charge in [-0.15, -0.1) is 0 Å². The highest BCUT2D eigenvalue weighted by Gasteiger charge is 2.13. The number of amides is 1. The summed E-state index contributed by atoms with van der Waals surface area (Å²) in [6.07, 6.45) is 3.14. The first-order valence-corrected chi connectivity index (χ1v) is 7.14. The molecule has 0 aromatic carbocycles. The number of rotatable bonds is 4. The van der Waals surface area contributed by atoms with E-state index in [1.54, 1.807) is 18.3 Å². The molecule has 22 heavy (non-hydrogen) atoms. The first kappa shape index (κ1) is 14.6. The molecule has 0 spiro atoms. The third-order valence-electron chi connectivity index (χ3n) is 3.48. The largest absolute Gasteiger partial charge is 0.467 e. The predicted molar refractivity (Wildman–Crippen MR) is 81.8 cm³/mol. The number of furan rings is 1. The zero-order chi connectivity index (χ0) is 15.4. The number of nitrogens with one attached hydrogen (secondary N) is 1. The lowest BCUT2D eigenvalue weighted by Gasteiger charge is -2.28. The van der Waals surface area contributed by atoms with E-state index in [9.17, 15) is 4.79 Å². The molecule has 7 heteroatoms. The van der Waals surface area contributed by atoms with Crippen molar-refractivity contribution in [2.75, 3.05) is 36.5 Å². The van der Waals surface area contributed by atoms with E-state index in [1.807, 2.05) is 6.07 Å². The summed E-state index contributed by atoms with van der Waals surface area (Å²) in [5, 5.41) is 2.73. The van der Waals surface area contributed by atoms with Crippen molar-refractivity contribution in [2.24, 2.45) is 5.73 Å². The van der Waals surface area contributed by atoms with Crippen LogP contribution in [0, 0.1) is 0 Å². The highest BCUT2D eigenvalue weighted by molar-refractivity contribution is 6.03. The van der Waals surface area contributed by atoms with E-state index in [0.717, 1.165) is 32.0 Å². The molecule has 3 N–H and O–H groups in total. The van der Waals surface area contributed by atoms with E-state index in [1.165, 1.54) is 6.26 Å². The molecule has 1 aliphatic heterocycles. The van der Waals surface area contributed by atoms with Gasteiger partial charge in [-0.2, -0.15) is 0 Å². The normalized spacial score (nSPS) is 14.9. The summed E-state index contributed by atoms with van der Waals surface area (Å²) < 4.78 is 10.5. The standard InChI is InChI=1S/C15H18N4O3/c16-8-13-7-11(10-22-13)15(20)18-14-2-1-12(9-17-14)19-3-5-21-6-4-19/h1-2,7,9-10H,3-6,8,16H2,(H,17,18,20). The van der Waals surface area contributed by atoms with E-state index in [-0.39, 0.29) is 12.5 Å². The number of carbonyl (C=O) groups excluding carboxylic acids is 1.